The molecular weight excluding hydrogens is 363 g/mol. The molecule has 2 heterocycles. The second-order valence-electron chi connectivity index (χ2n) is 7.63. The fraction of sp³-hybridized carbons (Fsp3) is 0.429. The third-order valence-corrected chi connectivity index (χ3v) is 5.74. The van der Waals surface area contributed by atoms with Crippen LogP contribution in [0, 0.1) is 17.7 Å². The van der Waals surface area contributed by atoms with Gasteiger partial charge in [0.2, 0.25) is 5.91 Å². The first-order valence-corrected chi connectivity index (χ1v) is 9.53. The molecular formula is C21H23FN2O4. The van der Waals surface area contributed by atoms with Crippen LogP contribution in [0.15, 0.2) is 53.5 Å². The summed E-state index contributed by atoms with van der Waals surface area (Å²) >= 11 is 0. The van der Waals surface area contributed by atoms with E-state index in [1.165, 1.54) is 22.8 Å². The van der Waals surface area contributed by atoms with Crippen molar-refractivity contribution in [1.29, 1.82) is 0 Å². The Bertz CT molecular complexity index is 898. The van der Waals surface area contributed by atoms with E-state index in [0.717, 1.165) is 0 Å². The van der Waals surface area contributed by atoms with Crippen LogP contribution < -0.4 is 10.3 Å². The van der Waals surface area contributed by atoms with E-state index < -0.39 is 6.10 Å². The number of hydrogen-bond donors (Lipinski definition) is 1. The smallest absolute Gasteiger partial charge is 0.250 e. The van der Waals surface area contributed by atoms with Gasteiger partial charge in [0.1, 0.15) is 24.2 Å². The fourth-order valence-corrected chi connectivity index (χ4v) is 4.25. The van der Waals surface area contributed by atoms with Crippen LogP contribution in [0.5, 0.6) is 5.75 Å². The van der Waals surface area contributed by atoms with Gasteiger partial charge < -0.3 is 19.3 Å². The minimum Gasteiger partial charge on any atom is -0.488 e. The zero-order chi connectivity index (χ0) is 19.7. The summed E-state index contributed by atoms with van der Waals surface area (Å²) in [6.07, 6.45) is 1.81. The zero-order valence-electron chi connectivity index (χ0n) is 15.4. The van der Waals surface area contributed by atoms with Gasteiger partial charge >= 0.3 is 0 Å². The number of ether oxygens (including phenoxy) is 1. The molecule has 0 unspecified atom stereocenters. The molecule has 1 amide bonds. The molecule has 4 atom stereocenters. The quantitative estimate of drug-likeness (QED) is 0.868. The molecule has 1 saturated heterocycles. The highest BCUT2D eigenvalue weighted by molar-refractivity contribution is 5.76. The molecule has 0 bridgehead atoms. The summed E-state index contributed by atoms with van der Waals surface area (Å²) in [7, 11) is 0. The molecule has 2 fully saturated rings. The van der Waals surface area contributed by atoms with Gasteiger partial charge in [-0.1, -0.05) is 6.07 Å². The molecule has 1 N–H and O–H groups in total. The van der Waals surface area contributed by atoms with Crippen molar-refractivity contribution in [3.05, 3.63) is 64.8 Å². The normalized spacial score (nSPS) is 26.7. The molecule has 1 aromatic carbocycles. The van der Waals surface area contributed by atoms with Gasteiger partial charge in [0, 0.05) is 25.4 Å². The second kappa shape index (κ2) is 7.75. The number of likely N-dealkylation sites (tertiary alicyclic amines) is 1. The standard InChI is InChI=1S/C21H23FN2O4/c22-16-4-6-17(7-5-16)28-19-10-15-12-24(11-14(15)9-18(19)25)21(27)13-23-8-2-1-3-20(23)26/h1-8,14-15,18-19,25H,9-13H2/t14-,15+,18+,19+/m0/s1. The first-order valence-electron chi connectivity index (χ1n) is 9.53. The lowest BCUT2D eigenvalue weighted by molar-refractivity contribution is -0.131. The molecule has 4 rings (SSSR count). The minimum absolute atomic E-state index is 0.0250. The van der Waals surface area contributed by atoms with E-state index in [0.29, 0.717) is 31.7 Å². The van der Waals surface area contributed by atoms with Gasteiger partial charge in [0.05, 0.1) is 6.10 Å². The van der Waals surface area contributed by atoms with E-state index in [2.05, 4.69) is 0 Å². The first kappa shape index (κ1) is 18.7. The molecule has 6 nitrogen and oxygen atoms in total. The number of nitrogens with zero attached hydrogens (tertiary/aromatic N) is 2. The van der Waals surface area contributed by atoms with Gasteiger partial charge in [-0.3, -0.25) is 9.59 Å². The van der Waals surface area contributed by atoms with Gasteiger partial charge in [-0.2, -0.15) is 0 Å². The number of pyridine rings is 1. The highest BCUT2D eigenvalue weighted by Gasteiger charge is 2.43. The lowest BCUT2D eigenvalue weighted by atomic mass is 9.78. The Labute approximate surface area is 162 Å². The van der Waals surface area contributed by atoms with Crippen molar-refractivity contribution in [2.24, 2.45) is 11.8 Å². The molecule has 1 saturated carbocycles. The highest BCUT2D eigenvalue weighted by atomic mass is 19.1. The van der Waals surface area contributed by atoms with Crippen molar-refractivity contribution in [2.75, 3.05) is 13.1 Å². The van der Waals surface area contributed by atoms with Crippen LogP contribution >= 0.6 is 0 Å². The summed E-state index contributed by atoms with van der Waals surface area (Å²) in [6, 6.07) is 10.6. The van der Waals surface area contributed by atoms with Crippen molar-refractivity contribution in [3.8, 4) is 5.75 Å². The van der Waals surface area contributed by atoms with Crippen LogP contribution in [-0.4, -0.2) is 45.8 Å². The van der Waals surface area contributed by atoms with E-state index in [4.69, 9.17) is 4.74 Å². The van der Waals surface area contributed by atoms with Crippen LogP contribution in [0.3, 0.4) is 0 Å². The number of aliphatic hydroxyl groups is 1. The third kappa shape index (κ3) is 3.94. The average molecular weight is 386 g/mol. The molecule has 7 heteroatoms. The number of aliphatic hydroxyl groups excluding tert-OH is 1. The number of halogens is 1. The Balaban J connectivity index is 1.38. The van der Waals surface area contributed by atoms with Gasteiger partial charge in [-0.25, -0.2) is 4.39 Å². The van der Waals surface area contributed by atoms with Crippen LogP contribution in [0.1, 0.15) is 12.8 Å². The number of carbonyl (C=O) groups excluding carboxylic acids is 1. The fourth-order valence-electron chi connectivity index (χ4n) is 4.25. The third-order valence-electron chi connectivity index (χ3n) is 5.74. The van der Waals surface area contributed by atoms with Gasteiger partial charge in [0.15, 0.2) is 0 Å². The van der Waals surface area contributed by atoms with Crippen molar-refractivity contribution in [3.63, 3.8) is 0 Å². The summed E-state index contributed by atoms with van der Waals surface area (Å²) in [6.45, 7) is 1.21. The zero-order valence-corrected chi connectivity index (χ0v) is 15.4. The topological polar surface area (TPSA) is 71.8 Å². The molecule has 1 aromatic heterocycles. The van der Waals surface area contributed by atoms with Gasteiger partial charge in [0.25, 0.3) is 5.56 Å². The maximum atomic E-state index is 13.1. The van der Waals surface area contributed by atoms with E-state index >= 15 is 0 Å². The number of carbonyl (C=O) groups is 1. The lowest BCUT2D eigenvalue weighted by Crippen LogP contribution is -2.42. The van der Waals surface area contributed by atoms with E-state index in [1.54, 1.807) is 35.4 Å². The van der Waals surface area contributed by atoms with Crippen molar-refractivity contribution >= 4 is 5.91 Å². The minimum atomic E-state index is -0.627. The molecule has 0 spiro atoms. The molecule has 1 aliphatic carbocycles. The number of benzene rings is 1. The van der Waals surface area contributed by atoms with E-state index in [1.807, 2.05) is 0 Å². The maximum absolute atomic E-state index is 13.1. The predicted molar refractivity (Wildman–Crippen MR) is 100 cm³/mol. The SMILES string of the molecule is O=C(Cn1ccccc1=O)N1C[C@H]2C[C@@H](Oc3ccc(F)cc3)[C@H](O)C[C@H]2C1. The largest absolute Gasteiger partial charge is 0.488 e. The Morgan fingerprint density at radius 3 is 2.54 bits per heavy atom. The molecule has 28 heavy (non-hydrogen) atoms. The molecule has 148 valence electrons. The Kier molecular flexibility index (Phi) is 5.17. The summed E-state index contributed by atoms with van der Waals surface area (Å²) < 4.78 is 20.3. The van der Waals surface area contributed by atoms with Crippen molar-refractivity contribution in [2.45, 2.75) is 31.6 Å². The van der Waals surface area contributed by atoms with Crippen LogP contribution in [-0.2, 0) is 11.3 Å². The first-order chi connectivity index (χ1) is 13.5. The second-order valence-corrected chi connectivity index (χ2v) is 7.63. The summed E-state index contributed by atoms with van der Waals surface area (Å²) in [5.74, 6) is 0.565. The average Bonchev–Trinajstić information content (AvgIpc) is 3.08. The Hall–Kier alpha value is -2.67. The lowest BCUT2D eigenvalue weighted by Gasteiger charge is -2.35. The summed E-state index contributed by atoms with van der Waals surface area (Å²) in [4.78, 5) is 26.2. The Morgan fingerprint density at radius 2 is 1.82 bits per heavy atom. The van der Waals surface area contributed by atoms with Crippen LogP contribution in [0.4, 0.5) is 4.39 Å². The number of hydrogen-bond acceptors (Lipinski definition) is 4. The highest BCUT2D eigenvalue weighted by Crippen LogP contribution is 2.38. The molecule has 2 aromatic rings. The molecule has 1 aliphatic heterocycles. The molecule has 2 aliphatic rings. The summed E-state index contributed by atoms with van der Waals surface area (Å²) in [5, 5.41) is 10.5. The number of aromatic nitrogens is 1. The van der Waals surface area contributed by atoms with Gasteiger partial charge in [-0.15, -0.1) is 0 Å². The number of fused-ring (bicyclic) bond motifs is 1. The summed E-state index contributed by atoms with van der Waals surface area (Å²) in [5.41, 5.74) is -0.198. The van der Waals surface area contributed by atoms with Gasteiger partial charge in [-0.05, 0) is 55.0 Å². The van der Waals surface area contributed by atoms with E-state index in [-0.39, 0.29) is 41.8 Å². The maximum Gasteiger partial charge on any atom is 0.250 e. The van der Waals surface area contributed by atoms with Crippen LogP contribution in [0.25, 0.3) is 0 Å². The number of amides is 1. The monoisotopic (exact) mass is 386 g/mol. The van der Waals surface area contributed by atoms with Crippen molar-refractivity contribution in [1.82, 2.24) is 9.47 Å². The predicted octanol–water partition coefficient (Wildman–Crippen LogP) is 1.66. The van der Waals surface area contributed by atoms with Crippen molar-refractivity contribution < 1.29 is 19.0 Å². The number of rotatable bonds is 4. The molecule has 0 radical (unpaired) electrons. The van der Waals surface area contributed by atoms with E-state index in [9.17, 15) is 19.1 Å². The van der Waals surface area contributed by atoms with Crippen LogP contribution in [0.2, 0.25) is 0 Å². The Morgan fingerprint density at radius 1 is 1.11 bits per heavy atom.